The zero-order chi connectivity index (χ0) is 14.5. The van der Waals surface area contributed by atoms with E-state index in [-0.39, 0.29) is 26.5 Å². The van der Waals surface area contributed by atoms with Gasteiger partial charge in [-0.3, -0.25) is 0 Å². The van der Waals surface area contributed by atoms with Crippen LogP contribution in [0.3, 0.4) is 0 Å². The van der Waals surface area contributed by atoms with Gasteiger partial charge in [0.25, 0.3) is 0 Å². The maximum absolute atomic E-state index is 14.4. The lowest BCUT2D eigenvalue weighted by Crippen LogP contribution is -2.51. The van der Waals surface area contributed by atoms with Crippen molar-refractivity contribution in [1.82, 2.24) is 0 Å². The Labute approximate surface area is 111 Å². The van der Waals surface area contributed by atoms with E-state index in [4.69, 9.17) is 20.4 Å². The van der Waals surface area contributed by atoms with Gasteiger partial charge in [0, 0.05) is 13.5 Å². The molecule has 1 aliphatic heterocycles. The van der Waals surface area contributed by atoms with E-state index in [0.717, 1.165) is 0 Å². The predicted molar refractivity (Wildman–Crippen MR) is 68.0 cm³/mol. The standard InChI is InChI=1S/C12H21FNO3P/c1-9-10(11(13)12(2,3)8-15-9)17-18(4)16-7-5-6-14/h9-11H,5,7-8H2,1-4H3/t9-,10?,11-,18?/m1/s1/i1D. The summed E-state index contributed by atoms with van der Waals surface area (Å²) in [6, 6.07) is 1.97. The minimum atomic E-state index is -1.27. The van der Waals surface area contributed by atoms with Gasteiger partial charge in [0.15, 0.2) is 8.38 Å². The Balaban J connectivity index is 2.58. The molecule has 0 N–H and O–H groups in total. The van der Waals surface area contributed by atoms with Gasteiger partial charge in [-0.05, 0) is 6.90 Å². The highest BCUT2D eigenvalue weighted by molar-refractivity contribution is 7.46. The molecular weight excluding hydrogens is 256 g/mol. The molecule has 1 fully saturated rings. The number of nitriles is 1. The molecule has 2 unspecified atom stereocenters. The molecule has 1 rings (SSSR count). The largest absolute Gasteiger partial charge is 0.375 e. The van der Waals surface area contributed by atoms with Crippen molar-refractivity contribution in [2.75, 3.05) is 19.9 Å². The molecule has 6 heteroatoms. The van der Waals surface area contributed by atoms with Gasteiger partial charge >= 0.3 is 0 Å². The zero-order valence-electron chi connectivity index (χ0n) is 12.1. The van der Waals surface area contributed by atoms with Crippen molar-refractivity contribution in [1.29, 1.82) is 5.26 Å². The van der Waals surface area contributed by atoms with E-state index >= 15 is 0 Å². The fourth-order valence-corrected chi connectivity index (χ4v) is 2.67. The van der Waals surface area contributed by atoms with Crippen LogP contribution in [0.2, 0.25) is 0 Å². The van der Waals surface area contributed by atoms with Crippen molar-refractivity contribution in [3.63, 3.8) is 0 Å². The van der Waals surface area contributed by atoms with Gasteiger partial charge in [0.1, 0.15) is 12.3 Å². The molecule has 0 saturated carbocycles. The summed E-state index contributed by atoms with van der Waals surface area (Å²) in [5.74, 6) is 0. The smallest absolute Gasteiger partial charge is 0.167 e. The van der Waals surface area contributed by atoms with Crippen molar-refractivity contribution in [3.8, 4) is 6.07 Å². The average molecular weight is 278 g/mol. The van der Waals surface area contributed by atoms with Crippen molar-refractivity contribution in [3.05, 3.63) is 0 Å². The minimum absolute atomic E-state index is 0.0392. The third-order valence-corrected chi connectivity index (χ3v) is 3.91. The molecule has 1 aliphatic rings. The van der Waals surface area contributed by atoms with Gasteiger partial charge in [-0.25, -0.2) is 4.39 Å². The van der Waals surface area contributed by atoms with Crippen molar-refractivity contribution in [2.45, 2.75) is 45.5 Å². The fraction of sp³-hybridized carbons (Fsp3) is 0.917. The number of hydrogen-bond donors (Lipinski definition) is 0. The second-order valence-electron chi connectivity index (χ2n) is 4.99. The third kappa shape index (κ3) is 4.13. The first-order valence-electron chi connectivity index (χ1n) is 6.58. The summed E-state index contributed by atoms with van der Waals surface area (Å²) < 4.78 is 38.3. The van der Waals surface area contributed by atoms with Crippen LogP contribution in [0.25, 0.3) is 0 Å². The first-order chi connectivity index (χ1) is 8.92. The SMILES string of the molecule is [2H]C[C@H]1OCC(C)(C)[C@H](F)C1OP(C)OCCC#N. The van der Waals surface area contributed by atoms with Crippen LogP contribution >= 0.6 is 8.38 Å². The summed E-state index contributed by atoms with van der Waals surface area (Å²) in [4.78, 5) is 0. The fourth-order valence-electron chi connectivity index (χ4n) is 1.67. The highest BCUT2D eigenvalue weighted by atomic mass is 31.2. The van der Waals surface area contributed by atoms with E-state index in [9.17, 15) is 4.39 Å². The van der Waals surface area contributed by atoms with Crippen molar-refractivity contribution < 1.29 is 19.5 Å². The van der Waals surface area contributed by atoms with Crippen molar-refractivity contribution in [2.24, 2.45) is 5.41 Å². The summed E-state index contributed by atoms with van der Waals surface area (Å²) >= 11 is 0. The molecule has 0 spiro atoms. The van der Waals surface area contributed by atoms with Crippen LogP contribution in [-0.4, -0.2) is 38.3 Å². The molecule has 1 saturated heterocycles. The van der Waals surface area contributed by atoms with E-state index in [1.807, 2.05) is 6.07 Å². The molecule has 0 aliphatic carbocycles. The van der Waals surface area contributed by atoms with Crippen LogP contribution in [-0.2, 0) is 13.8 Å². The Morgan fingerprint density at radius 3 is 3.00 bits per heavy atom. The first kappa shape index (κ1) is 14.1. The van der Waals surface area contributed by atoms with Gasteiger partial charge in [0.05, 0.1) is 31.8 Å². The monoisotopic (exact) mass is 278 g/mol. The highest BCUT2D eigenvalue weighted by Gasteiger charge is 2.45. The second kappa shape index (κ2) is 6.77. The Morgan fingerprint density at radius 2 is 2.39 bits per heavy atom. The Morgan fingerprint density at radius 1 is 1.67 bits per heavy atom. The van der Waals surface area contributed by atoms with Gasteiger partial charge in [-0.15, -0.1) is 0 Å². The summed E-state index contributed by atoms with van der Waals surface area (Å²) in [5, 5.41) is 8.42. The highest BCUT2D eigenvalue weighted by Crippen LogP contribution is 2.43. The van der Waals surface area contributed by atoms with Crippen LogP contribution < -0.4 is 0 Å². The van der Waals surface area contributed by atoms with E-state index in [1.54, 1.807) is 20.5 Å². The summed E-state index contributed by atoms with van der Waals surface area (Å²) in [5.41, 5.74) is -0.626. The van der Waals surface area contributed by atoms with Gasteiger partial charge in [-0.2, -0.15) is 5.26 Å². The molecule has 0 amide bonds. The Bertz CT molecular complexity index is 327. The van der Waals surface area contributed by atoms with Gasteiger partial charge in [0.2, 0.25) is 0 Å². The Hall–Kier alpha value is -0.270. The van der Waals surface area contributed by atoms with Crippen molar-refractivity contribution >= 4 is 8.38 Å². The molecule has 0 bridgehead atoms. The number of hydrogen-bond acceptors (Lipinski definition) is 4. The second-order valence-corrected chi connectivity index (χ2v) is 6.34. The lowest BCUT2D eigenvalue weighted by molar-refractivity contribution is -0.152. The number of rotatable bonds is 5. The van der Waals surface area contributed by atoms with Crippen LogP contribution in [0.15, 0.2) is 0 Å². The topological polar surface area (TPSA) is 51.5 Å². The van der Waals surface area contributed by atoms with Gasteiger partial charge < -0.3 is 13.8 Å². The summed E-state index contributed by atoms with van der Waals surface area (Å²) in [6.45, 7) is 5.81. The maximum Gasteiger partial charge on any atom is 0.167 e. The molecule has 4 nitrogen and oxygen atoms in total. The lowest BCUT2D eigenvalue weighted by Gasteiger charge is -2.42. The van der Waals surface area contributed by atoms with Crippen LogP contribution in [0.4, 0.5) is 4.39 Å². The number of halogens is 1. The zero-order valence-corrected chi connectivity index (χ0v) is 12.0. The van der Waals surface area contributed by atoms with E-state index in [2.05, 4.69) is 0 Å². The molecule has 1 heterocycles. The van der Waals surface area contributed by atoms with E-state index in [0.29, 0.717) is 0 Å². The molecule has 104 valence electrons. The third-order valence-electron chi connectivity index (χ3n) is 2.83. The van der Waals surface area contributed by atoms with Crippen LogP contribution in [0, 0.1) is 16.7 Å². The molecular formula is C12H21FNO3P. The van der Waals surface area contributed by atoms with Crippen LogP contribution in [0.5, 0.6) is 0 Å². The summed E-state index contributed by atoms with van der Waals surface area (Å²) in [6.07, 6.45) is -2.25. The molecule has 18 heavy (non-hydrogen) atoms. The molecule has 0 aromatic heterocycles. The molecule has 4 atom stereocenters. The number of ether oxygens (including phenoxy) is 1. The average Bonchev–Trinajstić information content (AvgIpc) is 2.36. The minimum Gasteiger partial charge on any atom is -0.375 e. The normalized spacial score (nSPS) is 33.5. The molecule has 0 aromatic rings. The molecule has 0 aromatic carbocycles. The summed E-state index contributed by atoms with van der Waals surface area (Å²) in [7, 11) is -1.27. The van der Waals surface area contributed by atoms with E-state index in [1.165, 1.54) is 0 Å². The van der Waals surface area contributed by atoms with Crippen LogP contribution in [0.1, 0.15) is 28.5 Å². The lowest BCUT2D eigenvalue weighted by atomic mass is 9.82. The number of alkyl halides is 1. The van der Waals surface area contributed by atoms with Gasteiger partial charge in [-0.1, -0.05) is 13.8 Å². The molecule has 0 radical (unpaired) electrons. The Kier molecular flexibility index (Phi) is 5.32. The first-order valence-corrected chi connectivity index (χ1v) is 7.50. The maximum atomic E-state index is 14.4. The quantitative estimate of drug-likeness (QED) is 0.573. The van der Waals surface area contributed by atoms with E-state index < -0.39 is 32.2 Å². The predicted octanol–water partition coefficient (Wildman–Crippen LogP) is 3.03. The number of nitrogens with zero attached hydrogens (tertiary/aromatic N) is 1.